The summed E-state index contributed by atoms with van der Waals surface area (Å²) in [7, 11) is 2.33. The van der Waals surface area contributed by atoms with E-state index in [2.05, 4.69) is 0 Å². The topological polar surface area (TPSA) is 77.5 Å². The lowest BCUT2D eigenvalue weighted by molar-refractivity contribution is 0.143. The first kappa shape index (κ1) is 21.5. The summed E-state index contributed by atoms with van der Waals surface area (Å²) in [5, 5.41) is 9.28. The zero-order chi connectivity index (χ0) is 17.2. The molecule has 0 saturated carbocycles. The third-order valence-corrected chi connectivity index (χ3v) is 10.1. The lowest BCUT2D eigenvalue weighted by Crippen LogP contribution is -2.39. The molecule has 0 atom stereocenters. The quantitative estimate of drug-likeness (QED) is 0.543. The van der Waals surface area contributed by atoms with Crippen molar-refractivity contribution in [3.05, 3.63) is 0 Å². The molecule has 0 fully saturated rings. The van der Waals surface area contributed by atoms with Crippen LogP contribution in [-0.4, -0.2) is 74.8 Å². The summed E-state index contributed by atoms with van der Waals surface area (Å²) in [6, 6.07) is 1.54. The Morgan fingerprint density at radius 1 is 0.864 bits per heavy atom. The van der Waals surface area contributed by atoms with Crippen molar-refractivity contribution in [3.63, 3.8) is 0 Å². The maximum absolute atomic E-state index is 11.3. The highest BCUT2D eigenvalue weighted by atomic mass is 28.4. The molecule has 0 radical (unpaired) electrons. The van der Waals surface area contributed by atoms with Crippen LogP contribution in [0.5, 0.6) is 0 Å². The van der Waals surface area contributed by atoms with E-state index < -0.39 is 23.2 Å². The van der Waals surface area contributed by atoms with E-state index in [1.54, 1.807) is 28.4 Å². The Labute approximate surface area is 136 Å². The first-order chi connectivity index (χ1) is 10.3. The molecule has 0 bridgehead atoms. The molecule has 0 saturated heterocycles. The van der Waals surface area contributed by atoms with Crippen LogP contribution in [0.1, 0.15) is 12.8 Å². The minimum absolute atomic E-state index is 0.489. The second kappa shape index (κ2) is 10.3. The molecule has 1 amide bonds. The SMILES string of the molecule is CO[Si](C)(CCCN(CCC[Si](C)(OC)OC)C(=O)O)OC. The molecule has 9 heteroatoms. The van der Waals surface area contributed by atoms with Crippen molar-refractivity contribution in [2.75, 3.05) is 41.5 Å². The number of amides is 1. The van der Waals surface area contributed by atoms with Crippen LogP contribution in [0.4, 0.5) is 4.79 Å². The summed E-state index contributed by atoms with van der Waals surface area (Å²) in [6.07, 6.45) is 0.580. The third kappa shape index (κ3) is 7.70. The maximum Gasteiger partial charge on any atom is 0.407 e. The standard InChI is InChI=1S/C13H31NO6Si2/c1-17-21(5,18-2)11-7-9-14(13(15)16)10-8-12-22(6,19-3)20-4/h7-12H2,1-6H3,(H,15,16). The van der Waals surface area contributed by atoms with Crippen LogP contribution in [0.2, 0.25) is 25.2 Å². The molecule has 0 aromatic rings. The maximum atomic E-state index is 11.3. The number of rotatable bonds is 12. The lowest BCUT2D eigenvalue weighted by Gasteiger charge is -2.26. The molecule has 0 aliphatic heterocycles. The molecule has 1 N–H and O–H groups in total. The van der Waals surface area contributed by atoms with Crippen LogP contribution in [0.3, 0.4) is 0 Å². The van der Waals surface area contributed by atoms with Crippen LogP contribution in [0.15, 0.2) is 0 Å². The van der Waals surface area contributed by atoms with Gasteiger partial charge in [0.2, 0.25) is 0 Å². The van der Waals surface area contributed by atoms with Gasteiger partial charge in [-0.15, -0.1) is 0 Å². The minimum Gasteiger partial charge on any atom is -0.465 e. The van der Waals surface area contributed by atoms with Crippen molar-refractivity contribution in [1.29, 1.82) is 0 Å². The van der Waals surface area contributed by atoms with Crippen molar-refractivity contribution >= 4 is 23.2 Å². The predicted octanol–water partition coefficient (Wildman–Crippen LogP) is 2.48. The summed E-state index contributed by atoms with van der Waals surface area (Å²) in [5.41, 5.74) is 0. The lowest BCUT2D eigenvalue weighted by atomic mass is 10.4. The molecule has 0 aromatic carbocycles. The van der Waals surface area contributed by atoms with Gasteiger partial charge >= 0.3 is 23.2 Å². The zero-order valence-corrected chi connectivity index (χ0v) is 16.7. The Hall–Kier alpha value is -0.456. The van der Waals surface area contributed by atoms with Crippen molar-refractivity contribution in [2.45, 2.75) is 38.0 Å². The van der Waals surface area contributed by atoms with E-state index in [4.69, 9.17) is 17.7 Å². The Kier molecular flexibility index (Phi) is 10.1. The predicted molar refractivity (Wildman–Crippen MR) is 89.7 cm³/mol. The average molecular weight is 354 g/mol. The van der Waals surface area contributed by atoms with Gasteiger partial charge in [0.1, 0.15) is 0 Å². The number of nitrogens with zero attached hydrogens (tertiary/aromatic N) is 1. The normalized spacial score (nSPS) is 12.5. The van der Waals surface area contributed by atoms with Gasteiger partial charge in [-0.05, 0) is 38.0 Å². The Balaban J connectivity index is 4.26. The van der Waals surface area contributed by atoms with Crippen molar-refractivity contribution in [2.24, 2.45) is 0 Å². The third-order valence-electron chi connectivity index (χ3n) is 4.12. The minimum atomic E-state index is -2.12. The van der Waals surface area contributed by atoms with E-state index in [0.29, 0.717) is 13.1 Å². The van der Waals surface area contributed by atoms with Gasteiger partial charge in [0.25, 0.3) is 0 Å². The molecule has 22 heavy (non-hydrogen) atoms. The Morgan fingerprint density at radius 2 is 1.18 bits per heavy atom. The molecule has 7 nitrogen and oxygen atoms in total. The fourth-order valence-corrected chi connectivity index (χ4v) is 4.81. The summed E-state index contributed by atoms with van der Waals surface area (Å²) >= 11 is 0. The fourth-order valence-electron chi connectivity index (χ4n) is 2.06. The van der Waals surface area contributed by atoms with Crippen molar-refractivity contribution in [1.82, 2.24) is 4.90 Å². The Morgan fingerprint density at radius 3 is 1.41 bits per heavy atom. The van der Waals surface area contributed by atoms with Gasteiger partial charge in [0.05, 0.1) is 0 Å². The van der Waals surface area contributed by atoms with Gasteiger partial charge in [-0.2, -0.15) is 0 Å². The second-order valence-corrected chi connectivity index (χ2v) is 12.7. The fraction of sp³-hybridized carbons (Fsp3) is 0.923. The molecule has 0 rings (SSSR count). The molecule has 0 aromatic heterocycles. The molecule has 0 heterocycles. The van der Waals surface area contributed by atoms with Gasteiger partial charge in [-0.3, -0.25) is 0 Å². The summed E-state index contributed by atoms with van der Waals surface area (Å²) in [5.74, 6) is 0. The van der Waals surface area contributed by atoms with Crippen molar-refractivity contribution in [3.8, 4) is 0 Å². The highest BCUT2D eigenvalue weighted by Gasteiger charge is 2.30. The highest BCUT2D eigenvalue weighted by Crippen LogP contribution is 2.16. The van der Waals surface area contributed by atoms with Crippen molar-refractivity contribution < 1.29 is 27.6 Å². The van der Waals surface area contributed by atoms with Crippen LogP contribution in [0, 0.1) is 0 Å². The molecular weight excluding hydrogens is 322 g/mol. The zero-order valence-electron chi connectivity index (χ0n) is 14.7. The van der Waals surface area contributed by atoms with E-state index in [1.165, 1.54) is 4.90 Å². The van der Waals surface area contributed by atoms with E-state index in [9.17, 15) is 9.90 Å². The van der Waals surface area contributed by atoms with Crippen LogP contribution < -0.4 is 0 Å². The van der Waals surface area contributed by atoms with E-state index in [1.807, 2.05) is 13.1 Å². The van der Waals surface area contributed by atoms with Gasteiger partial charge in [0.15, 0.2) is 0 Å². The van der Waals surface area contributed by atoms with Crippen LogP contribution in [-0.2, 0) is 17.7 Å². The van der Waals surface area contributed by atoms with Crippen LogP contribution in [0.25, 0.3) is 0 Å². The number of hydrogen-bond donors (Lipinski definition) is 1. The number of carboxylic acid groups (broad SMARTS) is 1. The van der Waals surface area contributed by atoms with E-state index in [0.717, 1.165) is 24.9 Å². The first-order valence-electron chi connectivity index (χ1n) is 7.44. The molecule has 0 aliphatic carbocycles. The largest absolute Gasteiger partial charge is 0.465 e. The number of carbonyl (C=O) groups is 1. The molecular formula is C13H31NO6Si2. The Bertz CT molecular complexity index is 300. The molecule has 132 valence electrons. The van der Waals surface area contributed by atoms with Gasteiger partial charge < -0.3 is 27.7 Å². The first-order valence-corrected chi connectivity index (χ1v) is 12.5. The average Bonchev–Trinajstić information content (AvgIpc) is 2.52. The van der Waals surface area contributed by atoms with Gasteiger partial charge in [-0.1, -0.05) is 0 Å². The molecule has 0 spiro atoms. The van der Waals surface area contributed by atoms with Crippen LogP contribution >= 0.6 is 0 Å². The monoisotopic (exact) mass is 353 g/mol. The molecule has 0 aliphatic rings. The van der Waals surface area contributed by atoms with E-state index in [-0.39, 0.29) is 0 Å². The van der Waals surface area contributed by atoms with E-state index >= 15 is 0 Å². The summed E-state index contributed by atoms with van der Waals surface area (Å²) < 4.78 is 21.6. The summed E-state index contributed by atoms with van der Waals surface area (Å²) in [4.78, 5) is 12.8. The van der Waals surface area contributed by atoms with Gasteiger partial charge in [-0.25, -0.2) is 4.79 Å². The highest BCUT2D eigenvalue weighted by molar-refractivity contribution is 6.66. The molecule has 0 unspecified atom stereocenters. The number of hydrogen-bond acceptors (Lipinski definition) is 5. The smallest absolute Gasteiger partial charge is 0.407 e. The second-order valence-electron chi connectivity index (χ2n) is 5.56. The summed E-state index contributed by atoms with van der Waals surface area (Å²) in [6.45, 7) is 4.93. The van der Waals surface area contributed by atoms with Gasteiger partial charge in [0, 0.05) is 41.5 Å².